The van der Waals surface area contributed by atoms with E-state index in [4.69, 9.17) is 10.6 Å². The summed E-state index contributed by atoms with van der Waals surface area (Å²) < 4.78 is 4.79. The lowest BCUT2D eigenvalue weighted by molar-refractivity contribution is -0.157. The average Bonchev–Trinajstić information content (AvgIpc) is 2.03. The van der Waals surface area contributed by atoms with Crippen LogP contribution >= 0.6 is 0 Å². The molecule has 66 valence electrons. The Kier molecular flexibility index (Phi) is 5.78. The van der Waals surface area contributed by atoms with Crippen molar-refractivity contribution in [2.75, 3.05) is 6.61 Å². The van der Waals surface area contributed by atoms with Crippen molar-refractivity contribution < 1.29 is 14.4 Å². The Morgan fingerprint density at radius 1 is 1.55 bits per heavy atom. The maximum Gasteiger partial charge on any atom is 0.337 e. The fourth-order valence-corrected chi connectivity index (χ4v) is 0.614. The van der Waals surface area contributed by atoms with Crippen LogP contribution in [-0.2, 0) is 14.4 Å². The van der Waals surface area contributed by atoms with Crippen LogP contribution in [-0.4, -0.2) is 18.7 Å². The number of rotatable bonds is 5. The van der Waals surface area contributed by atoms with Crippen molar-refractivity contribution in [1.82, 2.24) is 0 Å². The zero-order chi connectivity index (χ0) is 8.69. The maximum absolute atomic E-state index is 10.9. The molecule has 0 aromatic rings. The number of hydrogen-bond acceptors (Lipinski definition) is 4. The van der Waals surface area contributed by atoms with E-state index < -0.39 is 6.10 Å². The van der Waals surface area contributed by atoms with E-state index in [1.807, 2.05) is 13.8 Å². The molecular weight excluding hydrogens is 146 g/mol. The second kappa shape index (κ2) is 6.12. The highest BCUT2D eigenvalue weighted by Crippen LogP contribution is 1.97. The minimum absolute atomic E-state index is 0.378. The first-order valence-electron chi connectivity index (χ1n) is 3.78. The summed E-state index contributed by atoms with van der Waals surface area (Å²) in [7, 11) is 0. The molecule has 0 amide bonds. The largest absolute Gasteiger partial charge is 0.464 e. The van der Waals surface area contributed by atoms with Gasteiger partial charge in [-0.1, -0.05) is 13.8 Å². The molecule has 0 aliphatic heterocycles. The van der Waals surface area contributed by atoms with Gasteiger partial charge in [-0.2, -0.15) is 0 Å². The summed E-state index contributed by atoms with van der Waals surface area (Å²) in [4.78, 5) is 15.3. The number of carbonyl (C=O) groups excluding carboxylic acids is 1. The molecule has 0 heterocycles. The summed E-state index contributed by atoms with van der Waals surface area (Å²) in [5.74, 6) is 4.48. The Balaban J connectivity index is 3.61. The van der Waals surface area contributed by atoms with Crippen LogP contribution in [0, 0.1) is 0 Å². The molecule has 0 saturated carbocycles. The number of esters is 1. The van der Waals surface area contributed by atoms with Gasteiger partial charge in [-0.3, -0.25) is 4.84 Å². The fraction of sp³-hybridized carbons (Fsp3) is 0.857. The van der Waals surface area contributed by atoms with Gasteiger partial charge < -0.3 is 4.74 Å². The lowest BCUT2D eigenvalue weighted by atomic mass is 10.3. The van der Waals surface area contributed by atoms with Gasteiger partial charge in [0, 0.05) is 0 Å². The van der Waals surface area contributed by atoms with Crippen LogP contribution in [0.2, 0.25) is 0 Å². The Morgan fingerprint density at radius 3 is 2.55 bits per heavy atom. The average molecular weight is 161 g/mol. The number of nitrogens with two attached hydrogens (primary N) is 1. The van der Waals surface area contributed by atoms with Gasteiger partial charge in [-0.15, -0.1) is 0 Å². The van der Waals surface area contributed by atoms with Crippen LogP contribution in [0.1, 0.15) is 26.7 Å². The van der Waals surface area contributed by atoms with E-state index in [2.05, 4.69) is 4.84 Å². The number of hydrogen-bond donors (Lipinski definition) is 1. The molecule has 0 rings (SSSR count). The van der Waals surface area contributed by atoms with Gasteiger partial charge in [0.25, 0.3) is 0 Å². The molecule has 0 spiro atoms. The van der Waals surface area contributed by atoms with Crippen molar-refractivity contribution in [3.63, 3.8) is 0 Å². The second-order valence-corrected chi connectivity index (χ2v) is 2.20. The minimum Gasteiger partial charge on any atom is -0.464 e. The minimum atomic E-state index is -0.610. The topological polar surface area (TPSA) is 61.5 Å². The van der Waals surface area contributed by atoms with E-state index in [0.29, 0.717) is 13.0 Å². The van der Waals surface area contributed by atoms with Crippen LogP contribution in [0.15, 0.2) is 0 Å². The van der Waals surface area contributed by atoms with E-state index in [0.717, 1.165) is 6.42 Å². The molecule has 0 fully saturated rings. The van der Waals surface area contributed by atoms with E-state index in [1.54, 1.807) is 0 Å². The van der Waals surface area contributed by atoms with Crippen molar-refractivity contribution >= 4 is 5.97 Å². The van der Waals surface area contributed by atoms with E-state index >= 15 is 0 Å². The fourth-order valence-electron chi connectivity index (χ4n) is 0.614. The van der Waals surface area contributed by atoms with Crippen molar-refractivity contribution in [2.24, 2.45) is 5.90 Å². The third kappa shape index (κ3) is 3.95. The van der Waals surface area contributed by atoms with Gasteiger partial charge in [0.1, 0.15) is 0 Å². The van der Waals surface area contributed by atoms with Gasteiger partial charge in [0.15, 0.2) is 6.10 Å². The van der Waals surface area contributed by atoms with Crippen LogP contribution < -0.4 is 5.90 Å². The summed E-state index contributed by atoms with van der Waals surface area (Å²) in [6.45, 7) is 4.17. The van der Waals surface area contributed by atoms with Crippen molar-refractivity contribution in [2.45, 2.75) is 32.8 Å². The summed E-state index contributed by atoms with van der Waals surface area (Å²) in [5, 5.41) is 0. The molecule has 11 heavy (non-hydrogen) atoms. The highest BCUT2D eigenvalue weighted by Gasteiger charge is 2.16. The van der Waals surface area contributed by atoms with Gasteiger partial charge in [0.2, 0.25) is 0 Å². The van der Waals surface area contributed by atoms with Gasteiger partial charge >= 0.3 is 5.97 Å². The van der Waals surface area contributed by atoms with Crippen molar-refractivity contribution in [1.29, 1.82) is 0 Å². The lowest BCUT2D eigenvalue weighted by Crippen LogP contribution is -2.28. The van der Waals surface area contributed by atoms with E-state index in [-0.39, 0.29) is 5.97 Å². The Labute approximate surface area is 66.6 Å². The lowest BCUT2D eigenvalue weighted by Gasteiger charge is -2.10. The highest BCUT2D eigenvalue weighted by molar-refractivity contribution is 5.74. The standard InChI is InChI=1S/C7H15NO3/c1-3-5-10-7(9)6(4-2)11-8/h6H,3-5,8H2,1-2H3. The SMILES string of the molecule is CCCOC(=O)C(CC)ON. The van der Waals surface area contributed by atoms with Crippen LogP contribution in [0.3, 0.4) is 0 Å². The van der Waals surface area contributed by atoms with Crippen LogP contribution in [0.25, 0.3) is 0 Å². The third-order valence-corrected chi connectivity index (χ3v) is 1.25. The van der Waals surface area contributed by atoms with E-state index in [9.17, 15) is 4.79 Å². The zero-order valence-electron chi connectivity index (χ0n) is 7.00. The molecular formula is C7H15NO3. The molecule has 0 aliphatic carbocycles. The van der Waals surface area contributed by atoms with Gasteiger partial charge in [0.05, 0.1) is 6.61 Å². The third-order valence-electron chi connectivity index (χ3n) is 1.25. The zero-order valence-corrected chi connectivity index (χ0v) is 7.00. The summed E-state index contributed by atoms with van der Waals surface area (Å²) in [6, 6.07) is 0. The second-order valence-electron chi connectivity index (χ2n) is 2.20. The molecule has 0 bridgehead atoms. The molecule has 0 saturated heterocycles. The molecule has 1 unspecified atom stereocenters. The van der Waals surface area contributed by atoms with Crippen molar-refractivity contribution in [3.8, 4) is 0 Å². The molecule has 0 aromatic heterocycles. The Bertz CT molecular complexity index is 112. The molecule has 0 aromatic carbocycles. The van der Waals surface area contributed by atoms with Crippen molar-refractivity contribution in [3.05, 3.63) is 0 Å². The summed E-state index contributed by atoms with van der Waals surface area (Å²) in [5.41, 5.74) is 0. The molecule has 4 nitrogen and oxygen atoms in total. The predicted molar refractivity (Wildman–Crippen MR) is 40.6 cm³/mol. The first-order valence-corrected chi connectivity index (χ1v) is 3.78. The Hall–Kier alpha value is -0.610. The first kappa shape index (κ1) is 10.4. The summed E-state index contributed by atoms with van der Waals surface area (Å²) in [6.07, 6.45) is 0.743. The smallest absolute Gasteiger partial charge is 0.337 e. The Morgan fingerprint density at radius 2 is 2.18 bits per heavy atom. The predicted octanol–water partition coefficient (Wildman–Crippen LogP) is 0.609. The number of carbonyl (C=O) groups is 1. The van der Waals surface area contributed by atoms with E-state index in [1.165, 1.54) is 0 Å². The van der Waals surface area contributed by atoms with Gasteiger partial charge in [-0.25, -0.2) is 10.7 Å². The maximum atomic E-state index is 10.9. The first-order chi connectivity index (χ1) is 5.26. The van der Waals surface area contributed by atoms with Crippen LogP contribution in [0.5, 0.6) is 0 Å². The van der Waals surface area contributed by atoms with Gasteiger partial charge in [-0.05, 0) is 12.8 Å². The number of ether oxygens (including phenoxy) is 1. The molecule has 4 heteroatoms. The molecule has 0 aliphatic rings. The molecule has 1 atom stereocenters. The molecule has 0 radical (unpaired) electrons. The summed E-state index contributed by atoms with van der Waals surface area (Å²) >= 11 is 0. The monoisotopic (exact) mass is 161 g/mol. The normalized spacial score (nSPS) is 12.6. The highest BCUT2D eigenvalue weighted by atomic mass is 16.6. The van der Waals surface area contributed by atoms with Crippen LogP contribution in [0.4, 0.5) is 0 Å². The molecule has 2 N–H and O–H groups in total. The quantitative estimate of drug-likeness (QED) is 0.474.